The van der Waals surface area contributed by atoms with Crippen LogP contribution in [-0.4, -0.2) is 42.2 Å². The van der Waals surface area contributed by atoms with E-state index in [2.05, 4.69) is 0 Å². The van der Waals surface area contributed by atoms with Crippen molar-refractivity contribution in [3.05, 3.63) is 0 Å². The molecule has 0 spiro atoms. The summed E-state index contributed by atoms with van der Waals surface area (Å²) in [6.07, 6.45) is -4.29. The van der Waals surface area contributed by atoms with Crippen LogP contribution in [0.2, 0.25) is 0 Å². The van der Waals surface area contributed by atoms with E-state index in [1.54, 1.807) is 20.8 Å². The SMILES string of the molecule is CCC(N)C(N(CC(N)=O)CC(C)C)C(F)(F)F. The van der Waals surface area contributed by atoms with Crippen molar-refractivity contribution in [3.8, 4) is 0 Å². The van der Waals surface area contributed by atoms with Crippen molar-refractivity contribution in [2.24, 2.45) is 17.4 Å². The minimum atomic E-state index is -4.47. The summed E-state index contributed by atoms with van der Waals surface area (Å²) in [6, 6.07) is -2.90. The molecule has 0 saturated heterocycles. The first-order valence-electron chi connectivity index (χ1n) is 5.94. The first-order valence-corrected chi connectivity index (χ1v) is 5.94. The molecule has 0 saturated carbocycles. The van der Waals surface area contributed by atoms with Crippen molar-refractivity contribution in [1.82, 2.24) is 4.90 Å². The van der Waals surface area contributed by atoms with E-state index < -0.39 is 30.7 Å². The van der Waals surface area contributed by atoms with E-state index in [9.17, 15) is 18.0 Å². The molecule has 7 heteroatoms. The van der Waals surface area contributed by atoms with Crippen LogP contribution in [-0.2, 0) is 4.79 Å². The number of hydrogen-bond acceptors (Lipinski definition) is 3. The van der Waals surface area contributed by atoms with Crippen LogP contribution in [0.4, 0.5) is 13.2 Å². The molecule has 108 valence electrons. The average Bonchev–Trinajstić information content (AvgIpc) is 2.12. The van der Waals surface area contributed by atoms with E-state index >= 15 is 0 Å². The molecule has 0 radical (unpaired) electrons. The lowest BCUT2D eigenvalue weighted by Gasteiger charge is -2.36. The van der Waals surface area contributed by atoms with Crippen LogP contribution in [0.1, 0.15) is 27.2 Å². The molecule has 0 heterocycles. The second-order valence-electron chi connectivity index (χ2n) is 4.85. The third-order valence-electron chi connectivity index (χ3n) is 2.56. The number of carbonyl (C=O) groups is 1. The molecule has 0 aromatic heterocycles. The zero-order valence-corrected chi connectivity index (χ0v) is 11.0. The van der Waals surface area contributed by atoms with Crippen LogP contribution < -0.4 is 11.5 Å². The van der Waals surface area contributed by atoms with Gasteiger partial charge in [0, 0.05) is 12.6 Å². The molecule has 4 nitrogen and oxygen atoms in total. The Kier molecular flexibility index (Phi) is 6.62. The Bertz CT molecular complexity index is 269. The van der Waals surface area contributed by atoms with Crippen molar-refractivity contribution >= 4 is 5.91 Å². The van der Waals surface area contributed by atoms with Crippen molar-refractivity contribution in [3.63, 3.8) is 0 Å². The highest BCUT2D eigenvalue weighted by Crippen LogP contribution is 2.28. The maximum Gasteiger partial charge on any atom is 0.405 e. The summed E-state index contributed by atoms with van der Waals surface area (Å²) in [7, 11) is 0. The lowest BCUT2D eigenvalue weighted by atomic mass is 10.0. The molecule has 18 heavy (non-hydrogen) atoms. The van der Waals surface area contributed by atoms with Gasteiger partial charge in [0.25, 0.3) is 0 Å². The third kappa shape index (κ3) is 5.68. The fourth-order valence-corrected chi connectivity index (χ4v) is 1.89. The third-order valence-corrected chi connectivity index (χ3v) is 2.56. The van der Waals surface area contributed by atoms with Crippen LogP contribution in [0, 0.1) is 5.92 Å². The van der Waals surface area contributed by atoms with Gasteiger partial charge in [-0.25, -0.2) is 0 Å². The minimum absolute atomic E-state index is 0.0155. The Balaban J connectivity index is 5.12. The number of nitrogens with zero attached hydrogens (tertiary/aromatic N) is 1. The number of hydrogen-bond donors (Lipinski definition) is 2. The standard InChI is InChI=1S/C11H22F3N3O/c1-4-8(15)10(11(12,13)14)17(5-7(2)3)6-9(16)18/h7-8,10H,4-6,15H2,1-3H3,(H2,16,18). The number of carbonyl (C=O) groups excluding carboxylic acids is 1. The molecule has 4 N–H and O–H groups in total. The molecule has 1 amide bonds. The summed E-state index contributed by atoms with van der Waals surface area (Å²) in [5.41, 5.74) is 10.5. The number of halogens is 3. The van der Waals surface area contributed by atoms with E-state index in [0.29, 0.717) is 0 Å². The van der Waals surface area contributed by atoms with Gasteiger partial charge in [-0.15, -0.1) is 0 Å². The van der Waals surface area contributed by atoms with Gasteiger partial charge in [0.1, 0.15) is 6.04 Å². The molecule has 0 aliphatic rings. The lowest BCUT2D eigenvalue weighted by molar-refractivity contribution is -0.190. The Labute approximate surface area is 105 Å². The first kappa shape index (κ1) is 17.2. The van der Waals surface area contributed by atoms with Gasteiger partial charge in [-0.05, 0) is 12.3 Å². The second kappa shape index (κ2) is 6.94. The van der Waals surface area contributed by atoms with E-state index in [1.165, 1.54) is 0 Å². The predicted molar refractivity (Wildman–Crippen MR) is 63.7 cm³/mol. The van der Waals surface area contributed by atoms with Crippen molar-refractivity contribution in [2.45, 2.75) is 45.5 Å². The summed E-state index contributed by atoms with van der Waals surface area (Å²) in [5, 5.41) is 0. The molecular formula is C11H22F3N3O. The Morgan fingerprint density at radius 2 is 1.83 bits per heavy atom. The van der Waals surface area contributed by atoms with Gasteiger partial charge in [-0.1, -0.05) is 20.8 Å². The van der Waals surface area contributed by atoms with Gasteiger partial charge in [-0.2, -0.15) is 13.2 Å². The van der Waals surface area contributed by atoms with E-state index in [0.717, 1.165) is 4.90 Å². The molecule has 0 bridgehead atoms. The lowest BCUT2D eigenvalue weighted by Crippen LogP contribution is -2.58. The molecule has 2 unspecified atom stereocenters. The summed E-state index contributed by atoms with van der Waals surface area (Å²) in [5.74, 6) is -0.800. The Morgan fingerprint density at radius 3 is 2.11 bits per heavy atom. The predicted octanol–water partition coefficient (Wildman–Crippen LogP) is 1.10. The molecule has 0 aromatic rings. The molecule has 0 aliphatic carbocycles. The summed E-state index contributed by atoms with van der Waals surface area (Å²) >= 11 is 0. The van der Waals surface area contributed by atoms with Crippen LogP contribution in [0.3, 0.4) is 0 Å². The highest BCUT2D eigenvalue weighted by molar-refractivity contribution is 5.76. The van der Waals surface area contributed by atoms with Gasteiger partial charge in [0.05, 0.1) is 6.54 Å². The van der Waals surface area contributed by atoms with E-state index in [4.69, 9.17) is 11.5 Å². The molecule has 0 aromatic carbocycles. The largest absolute Gasteiger partial charge is 0.405 e. The first-order chi connectivity index (χ1) is 8.09. The van der Waals surface area contributed by atoms with Gasteiger partial charge < -0.3 is 11.5 Å². The van der Waals surface area contributed by atoms with Crippen LogP contribution in [0.5, 0.6) is 0 Å². The molecule has 0 fully saturated rings. The molecule has 0 aliphatic heterocycles. The van der Waals surface area contributed by atoms with Crippen LogP contribution in [0.15, 0.2) is 0 Å². The Morgan fingerprint density at radius 1 is 1.33 bits per heavy atom. The quantitative estimate of drug-likeness (QED) is 0.727. The van der Waals surface area contributed by atoms with Crippen LogP contribution >= 0.6 is 0 Å². The summed E-state index contributed by atoms with van der Waals surface area (Å²) in [6.45, 7) is 4.83. The van der Waals surface area contributed by atoms with E-state index in [1.807, 2.05) is 0 Å². The highest BCUT2D eigenvalue weighted by Gasteiger charge is 2.46. The number of alkyl halides is 3. The van der Waals surface area contributed by atoms with Crippen molar-refractivity contribution in [1.29, 1.82) is 0 Å². The van der Waals surface area contributed by atoms with E-state index in [-0.39, 0.29) is 18.9 Å². The second-order valence-corrected chi connectivity index (χ2v) is 4.85. The van der Waals surface area contributed by atoms with Crippen molar-refractivity contribution in [2.75, 3.05) is 13.1 Å². The molecule has 2 atom stereocenters. The number of nitrogens with two attached hydrogens (primary N) is 2. The smallest absolute Gasteiger partial charge is 0.369 e. The number of rotatable bonds is 7. The number of primary amides is 1. The fraction of sp³-hybridized carbons (Fsp3) is 0.909. The fourth-order valence-electron chi connectivity index (χ4n) is 1.89. The zero-order valence-electron chi connectivity index (χ0n) is 11.0. The monoisotopic (exact) mass is 269 g/mol. The normalized spacial score (nSPS) is 16.1. The number of amides is 1. The van der Waals surface area contributed by atoms with Crippen molar-refractivity contribution < 1.29 is 18.0 Å². The zero-order chi connectivity index (χ0) is 14.5. The maximum absolute atomic E-state index is 13.0. The van der Waals surface area contributed by atoms with Gasteiger partial charge in [0.15, 0.2) is 0 Å². The van der Waals surface area contributed by atoms with Gasteiger partial charge >= 0.3 is 6.18 Å². The Hall–Kier alpha value is -0.820. The minimum Gasteiger partial charge on any atom is -0.369 e. The van der Waals surface area contributed by atoms with Gasteiger partial charge in [0.2, 0.25) is 5.91 Å². The van der Waals surface area contributed by atoms with Crippen LogP contribution in [0.25, 0.3) is 0 Å². The molecule has 0 rings (SSSR count). The maximum atomic E-state index is 13.0. The average molecular weight is 269 g/mol. The highest BCUT2D eigenvalue weighted by atomic mass is 19.4. The summed E-state index contributed by atoms with van der Waals surface area (Å²) < 4.78 is 39.1. The van der Waals surface area contributed by atoms with Gasteiger partial charge in [-0.3, -0.25) is 9.69 Å². The topological polar surface area (TPSA) is 72.3 Å². The molecular weight excluding hydrogens is 247 g/mol. The summed E-state index contributed by atoms with van der Waals surface area (Å²) in [4.78, 5) is 11.9.